The zero-order valence-electron chi connectivity index (χ0n) is 26.7. The van der Waals surface area contributed by atoms with Crippen LogP contribution in [-0.2, 0) is 0 Å². The van der Waals surface area contributed by atoms with E-state index in [0.717, 1.165) is 54.5 Å². The lowest BCUT2D eigenvalue weighted by Gasteiger charge is -2.09. The first kappa shape index (κ1) is 28.6. The van der Waals surface area contributed by atoms with Gasteiger partial charge in [-0.25, -0.2) is 15.0 Å². The van der Waals surface area contributed by atoms with Crippen LogP contribution in [-0.4, -0.2) is 15.0 Å². The van der Waals surface area contributed by atoms with Crippen LogP contribution >= 0.6 is 11.3 Å². The molecule has 4 nitrogen and oxygen atoms in total. The molecular formula is C45H27N3OS. The minimum Gasteiger partial charge on any atom is -0.455 e. The van der Waals surface area contributed by atoms with Crippen LogP contribution in [0.3, 0.4) is 0 Å². The minimum absolute atomic E-state index is 0.577. The Kier molecular flexibility index (Phi) is 6.64. The van der Waals surface area contributed by atoms with Crippen molar-refractivity contribution in [1.29, 1.82) is 0 Å². The Morgan fingerprint density at radius 3 is 1.72 bits per heavy atom. The fraction of sp³-hybridized carbons (Fsp3) is 0. The van der Waals surface area contributed by atoms with E-state index in [0.29, 0.717) is 17.5 Å². The third-order valence-electron chi connectivity index (χ3n) is 9.38. The molecule has 0 aliphatic carbocycles. The van der Waals surface area contributed by atoms with Gasteiger partial charge >= 0.3 is 0 Å². The van der Waals surface area contributed by atoms with Gasteiger partial charge in [-0.3, -0.25) is 0 Å². The molecule has 7 aromatic carbocycles. The second-order valence-corrected chi connectivity index (χ2v) is 13.4. The maximum atomic E-state index is 6.61. The predicted octanol–water partition coefficient (Wildman–Crippen LogP) is 12.5. The molecule has 0 aliphatic heterocycles. The number of thiophene rings is 1. The fourth-order valence-electron chi connectivity index (χ4n) is 6.90. The van der Waals surface area contributed by atoms with Crippen LogP contribution < -0.4 is 0 Å². The number of nitrogens with zero attached hydrogens (tertiary/aromatic N) is 3. The minimum atomic E-state index is 0.577. The van der Waals surface area contributed by atoms with Crippen molar-refractivity contribution in [1.82, 2.24) is 15.0 Å². The van der Waals surface area contributed by atoms with Crippen molar-refractivity contribution in [2.24, 2.45) is 0 Å². The van der Waals surface area contributed by atoms with Gasteiger partial charge in [-0.15, -0.1) is 11.3 Å². The van der Waals surface area contributed by atoms with Crippen molar-refractivity contribution in [2.45, 2.75) is 0 Å². The first-order valence-electron chi connectivity index (χ1n) is 16.6. The number of aromatic nitrogens is 3. The van der Waals surface area contributed by atoms with Crippen LogP contribution in [0.25, 0.3) is 98.5 Å². The van der Waals surface area contributed by atoms with Crippen molar-refractivity contribution >= 4 is 53.4 Å². The first-order valence-corrected chi connectivity index (χ1v) is 17.4. The van der Waals surface area contributed by atoms with Crippen LogP contribution in [0.15, 0.2) is 168 Å². The SMILES string of the molecule is c1ccc(-c2ccc(-c3ccc4oc5c(-c6nc(-c7ccccc7)nc(-c7cccc8c7sc7ccccc78)n6)cccc5c4c3)cc2)cc1. The number of para-hydroxylation sites is 1. The molecule has 10 rings (SSSR count). The van der Waals surface area contributed by atoms with Crippen molar-refractivity contribution < 1.29 is 4.42 Å². The molecule has 0 atom stereocenters. The standard InChI is InChI=1S/C45H27N3OS/c1-3-11-28(12-4-1)29-21-23-30(24-22-29)32-25-26-39-38(27-32)34-16-9-18-36(41(34)49-39)44-46-43(31-13-5-2-6-14-31)47-45(48-44)37-19-10-17-35-33-15-7-8-20-40(33)50-42(35)37/h1-27H. The molecule has 50 heavy (non-hydrogen) atoms. The maximum absolute atomic E-state index is 6.61. The van der Waals surface area contributed by atoms with Gasteiger partial charge in [0.15, 0.2) is 17.5 Å². The van der Waals surface area contributed by atoms with E-state index in [9.17, 15) is 0 Å². The van der Waals surface area contributed by atoms with Gasteiger partial charge in [-0.2, -0.15) is 0 Å². The molecular weight excluding hydrogens is 631 g/mol. The number of fused-ring (bicyclic) bond motifs is 6. The Hall–Kier alpha value is -6.43. The smallest absolute Gasteiger partial charge is 0.167 e. The molecule has 0 bridgehead atoms. The average Bonchev–Trinajstić information content (AvgIpc) is 3.77. The summed E-state index contributed by atoms with van der Waals surface area (Å²) in [6, 6.07) is 56.9. The molecule has 0 N–H and O–H groups in total. The average molecular weight is 658 g/mol. The van der Waals surface area contributed by atoms with Crippen LogP contribution in [0.2, 0.25) is 0 Å². The van der Waals surface area contributed by atoms with Gasteiger partial charge in [0.1, 0.15) is 11.2 Å². The van der Waals surface area contributed by atoms with Crippen molar-refractivity contribution in [3.8, 4) is 56.4 Å². The second-order valence-electron chi connectivity index (χ2n) is 12.4. The zero-order valence-corrected chi connectivity index (χ0v) is 27.6. The summed E-state index contributed by atoms with van der Waals surface area (Å²) in [5, 5.41) is 4.52. The Morgan fingerprint density at radius 1 is 0.380 bits per heavy atom. The molecule has 5 heteroatoms. The van der Waals surface area contributed by atoms with E-state index in [1.54, 1.807) is 11.3 Å². The van der Waals surface area contributed by atoms with E-state index >= 15 is 0 Å². The van der Waals surface area contributed by atoms with Crippen molar-refractivity contribution in [3.05, 3.63) is 164 Å². The summed E-state index contributed by atoms with van der Waals surface area (Å²) in [5.74, 6) is 1.84. The van der Waals surface area contributed by atoms with E-state index in [4.69, 9.17) is 19.4 Å². The normalized spacial score (nSPS) is 11.6. The van der Waals surface area contributed by atoms with Gasteiger partial charge in [-0.1, -0.05) is 133 Å². The van der Waals surface area contributed by atoms with Crippen molar-refractivity contribution in [2.75, 3.05) is 0 Å². The van der Waals surface area contributed by atoms with Crippen LogP contribution in [0.5, 0.6) is 0 Å². The molecule has 0 amide bonds. The molecule has 0 fully saturated rings. The van der Waals surface area contributed by atoms with Crippen molar-refractivity contribution in [3.63, 3.8) is 0 Å². The van der Waals surface area contributed by atoms with E-state index in [1.807, 2.05) is 42.5 Å². The van der Waals surface area contributed by atoms with Gasteiger partial charge in [0.2, 0.25) is 0 Å². The molecule has 0 saturated carbocycles. The molecule has 0 saturated heterocycles. The van der Waals surface area contributed by atoms with Gasteiger partial charge in [0, 0.05) is 42.1 Å². The molecule has 10 aromatic rings. The van der Waals surface area contributed by atoms with E-state index in [1.165, 1.54) is 26.6 Å². The summed E-state index contributed by atoms with van der Waals surface area (Å²) in [6.07, 6.45) is 0. The van der Waals surface area contributed by atoms with E-state index in [-0.39, 0.29) is 0 Å². The summed E-state index contributed by atoms with van der Waals surface area (Å²) in [4.78, 5) is 15.3. The lowest BCUT2D eigenvalue weighted by molar-refractivity contribution is 0.669. The van der Waals surface area contributed by atoms with Crippen LogP contribution in [0.1, 0.15) is 0 Å². The van der Waals surface area contributed by atoms with Crippen LogP contribution in [0.4, 0.5) is 0 Å². The predicted molar refractivity (Wildman–Crippen MR) is 207 cm³/mol. The maximum Gasteiger partial charge on any atom is 0.167 e. The third kappa shape index (κ3) is 4.79. The largest absolute Gasteiger partial charge is 0.455 e. The number of hydrogen-bond donors (Lipinski definition) is 0. The number of rotatable bonds is 5. The number of benzene rings is 7. The lowest BCUT2D eigenvalue weighted by atomic mass is 9.99. The molecule has 0 unspecified atom stereocenters. The Bertz CT molecular complexity index is 2860. The van der Waals surface area contributed by atoms with E-state index < -0.39 is 0 Å². The highest BCUT2D eigenvalue weighted by Gasteiger charge is 2.20. The summed E-state index contributed by atoms with van der Waals surface area (Å²) in [5.41, 5.74) is 9.03. The highest BCUT2D eigenvalue weighted by atomic mass is 32.1. The van der Waals surface area contributed by atoms with Gasteiger partial charge in [0.25, 0.3) is 0 Å². The highest BCUT2D eigenvalue weighted by molar-refractivity contribution is 7.26. The number of furan rings is 1. The van der Waals surface area contributed by atoms with Crippen LogP contribution in [0, 0.1) is 0 Å². The monoisotopic (exact) mass is 657 g/mol. The third-order valence-corrected chi connectivity index (χ3v) is 10.6. The molecule has 0 spiro atoms. The Morgan fingerprint density at radius 2 is 0.940 bits per heavy atom. The summed E-state index contributed by atoms with van der Waals surface area (Å²) < 4.78 is 9.01. The fourth-order valence-corrected chi connectivity index (χ4v) is 8.11. The summed E-state index contributed by atoms with van der Waals surface area (Å²) in [7, 11) is 0. The summed E-state index contributed by atoms with van der Waals surface area (Å²) in [6.45, 7) is 0. The molecule has 3 heterocycles. The van der Waals surface area contributed by atoms with Gasteiger partial charge in [0.05, 0.1) is 5.56 Å². The van der Waals surface area contributed by atoms with Gasteiger partial charge in [-0.05, 0) is 52.6 Å². The van der Waals surface area contributed by atoms with Gasteiger partial charge < -0.3 is 4.42 Å². The quantitative estimate of drug-likeness (QED) is 0.185. The highest BCUT2D eigenvalue weighted by Crippen LogP contribution is 2.41. The Balaban J connectivity index is 1.13. The lowest BCUT2D eigenvalue weighted by Crippen LogP contribution is -2.00. The molecule has 0 radical (unpaired) electrons. The van der Waals surface area contributed by atoms with E-state index in [2.05, 4.69) is 121 Å². The topological polar surface area (TPSA) is 51.8 Å². The second kappa shape index (κ2) is 11.6. The molecule has 234 valence electrons. The molecule has 0 aliphatic rings. The molecule has 3 aromatic heterocycles. The summed E-state index contributed by atoms with van der Waals surface area (Å²) >= 11 is 1.77. The zero-order chi connectivity index (χ0) is 33.0. The number of hydrogen-bond acceptors (Lipinski definition) is 5. The Labute approximate surface area is 292 Å². The first-order chi connectivity index (χ1) is 24.8.